The smallest absolute Gasteiger partial charge is 0.331 e. The summed E-state index contributed by atoms with van der Waals surface area (Å²) in [5.74, 6) is 0.569. The Kier molecular flexibility index (Phi) is 7.66. The first-order valence-electron chi connectivity index (χ1n) is 16.5. The molecule has 2 aliphatic heterocycles. The lowest BCUT2D eigenvalue weighted by Gasteiger charge is -2.66. The molecule has 12 atom stereocenters. The van der Waals surface area contributed by atoms with E-state index in [1.54, 1.807) is 19.3 Å². The van der Waals surface area contributed by atoms with E-state index in [1.807, 2.05) is 18.3 Å². The van der Waals surface area contributed by atoms with Crippen LogP contribution >= 0.6 is 0 Å². The summed E-state index contributed by atoms with van der Waals surface area (Å²) in [7, 11) is 0. The molecule has 10 heteroatoms. The van der Waals surface area contributed by atoms with Gasteiger partial charge >= 0.3 is 5.97 Å². The minimum atomic E-state index is -1.10. The average molecular weight is 614 g/mol. The van der Waals surface area contributed by atoms with E-state index >= 15 is 0 Å². The topological polar surface area (TPSA) is 151 Å². The average Bonchev–Trinajstić information content (AvgIpc) is 3.71. The predicted molar refractivity (Wildman–Crippen MR) is 158 cm³/mol. The van der Waals surface area contributed by atoms with Gasteiger partial charge in [-0.15, -0.1) is 0 Å². The lowest BCUT2D eigenvalue weighted by Crippen LogP contribution is -2.69. The van der Waals surface area contributed by atoms with E-state index in [0.29, 0.717) is 51.7 Å². The van der Waals surface area contributed by atoms with Crippen molar-refractivity contribution in [3.05, 3.63) is 35.8 Å². The second-order valence-electron chi connectivity index (χ2n) is 14.7. The molecular formula is C34H47NO9. The highest BCUT2D eigenvalue weighted by atomic mass is 16.7. The summed E-state index contributed by atoms with van der Waals surface area (Å²) in [6.45, 7) is 4.61. The van der Waals surface area contributed by atoms with Gasteiger partial charge in [-0.05, 0) is 93.7 Å². The molecule has 0 radical (unpaired) electrons. The van der Waals surface area contributed by atoms with Crippen LogP contribution < -0.4 is 0 Å². The molecule has 0 unspecified atom stereocenters. The first-order chi connectivity index (χ1) is 21.0. The third-order valence-electron chi connectivity index (χ3n) is 12.8. The normalized spacial score (nSPS) is 48.9. The van der Waals surface area contributed by atoms with E-state index < -0.39 is 41.2 Å². The molecule has 3 heterocycles. The van der Waals surface area contributed by atoms with Gasteiger partial charge in [-0.2, -0.15) is 0 Å². The fraction of sp³-hybridized carbons (Fsp3) is 0.765. The molecule has 6 aliphatic rings. The number of aliphatic hydroxyl groups is 4. The van der Waals surface area contributed by atoms with Crippen molar-refractivity contribution in [2.24, 2.45) is 33.6 Å². The Bertz CT molecular complexity index is 1290. The highest BCUT2D eigenvalue weighted by Gasteiger charge is 2.71. The van der Waals surface area contributed by atoms with Gasteiger partial charge in [-0.25, -0.2) is 4.79 Å². The number of aliphatic hydroxyl groups excluding tert-OH is 2. The van der Waals surface area contributed by atoms with E-state index in [0.717, 1.165) is 30.6 Å². The minimum absolute atomic E-state index is 0.0168. The van der Waals surface area contributed by atoms with Crippen molar-refractivity contribution in [1.82, 2.24) is 0 Å². The maximum Gasteiger partial charge on any atom is 0.331 e. The van der Waals surface area contributed by atoms with Crippen LogP contribution in [0.4, 0.5) is 0 Å². The number of carbonyl (C=O) groups is 1. The van der Waals surface area contributed by atoms with Crippen LogP contribution in [-0.4, -0.2) is 81.1 Å². The van der Waals surface area contributed by atoms with E-state index in [9.17, 15) is 25.2 Å². The Labute approximate surface area is 258 Å². The van der Waals surface area contributed by atoms with Gasteiger partial charge in [0.1, 0.15) is 18.5 Å². The Balaban J connectivity index is 1.17. The number of nitrogens with zero attached hydrogens (tertiary/aromatic N) is 1. The van der Waals surface area contributed by atoms with Crippen LogP contribution in [0.5, 0.6) is 0 Å². The first-order valence-corrected chi connectivity index (χ1v) is 16.5. The number of fused-ring (bicyclic) bond motifs is 5. The highest BCUT2D eigenvalue weighted by Crippen LogP contribution is 2.70. The molecule has 1 aromatic rings. The van der Waals surface area contributed by atoms with Gasteiger partial charge in [0, 0.05) is 36.0 Å². The van der Waals surface area contributed by atoms with Gasteiger partial charge in [0.15, 0.2) is 6.29 Å². The third kappa shape index (κ3) is 4.66. The predicted octanol–water partition coefficient (Wildman–Crippen LogP) is 3.44. The third-order valence-corrected chi connectivity index (χ3v) is 12.8. The lowest BCUT2D eigenvalue weighted by molar-refractivity contribution is -0.282. The van der Waals surface area contributed by atoms with E-state index in [1.165, 1.54) is 0 Å². The molecule has 4 saturated carbocycles. The summed E-state index contributed by atoms with van der Waals surface area (Å²) < 4.78 is 23.0. The fourth-order valence-electron chi connectivity index (χ4n) is 10.5. The molecule has 7 rings (SSSR count). The van der Waals surface area contributed by atoms with Crippen LogP contribution in [-0.2, 0) is 25.5 Å². The molecule has 0 aromatic carbocycles. The standard InChI is InChI=1S/C34H47NO9/c1-20-30(38)27(36)15-29(43-20)44-22-5-10-32(19-35-17-23-4-3-13-41-23)25-6-9-31(2)24(21-14-28(37)42-18-21)8-12-34(31,40)26(25)7-11-33(32,39)16-22/h3-4,13-14,19-20,22,24-27,29-30,36,38-40H,5-12,15-18H2,1-2H3/t20-,22-,24-,25-,26-,27-,29+,30-,31+,32-,33+,34+/m1/s1. The van der Waals surface area contributed by atoms with Crippen LogP contribution in [0.2, 0.25) is 0 Å². The van der Waals surface area contributed by atoms with Crippen LogP contribution in [0.1, 0.15) is 83.8 Å². The molecule has 4 N–H and O–H groups in total. The summed E-state index contributed by atoms with van der Waals surface area (Å²) in [6.07, 6.45) is 8.14. The number of ether oxygens (including phenoxy) is 3. The van der Waals surface area contributed by atoms with Crippen molar-refractivity contribution in [2.75, 3.05) is 6.61 Å². The molecule has 4 aliphatic carbocycles. The number of esters is 1. The van der Waals surface area contributed by atoms with Gasteiger partial charge in [0.25, 0.3) is 0 Å². The molecular weight excluding hydrogens is 566 g/mol. The van der Waals surface area contributed by atoms with Crippen molar-refractivity contribution in [2.45, 2.75) is 127 Å². The zero-order valence-electron chi connectivity index (χ0n) is 25.8. The second kappa shape index (κ2) is 11.0. The molecule has 1 saturated heterocycles. The summed E-state index contributed by atoms with van der Waals surface area (Å²) in [5.41, 5.74) is -2.05. The molecule has 44 heavy (non-hydrogen) atoms. The quantitative estimate of drug-likeness (QED) is 0.215. The number of aliphatic imine (C=N–C) groups is 1. The molecule has 242 valence electrons. The van der Waals surface area contributed by atoms with Gasteiger partial charge in [0.05, 0.1) is 42.3 Å². The van der Waals surface area contributed by atoms with E-state index in [-0.39, 0.29) is 41.7 Å². The SMILES string of the molecule is C[C@H]1O[C@@H](O[C@@H]2CC[C@@]3(C=NCc4ccco4)[C@@H]4CC[C@@]5(C)[C@@H](C6=CC(=O)OC6)CC[C@]5(O)[C@@H]4CC[C@]3(O)C2)C[C@@H](O)[C@@H]1O. The number of cyclic esters (lactones) is 1. The summed E-state index contributed by atoms with van der Waals surface area (Å²) in [6, 6.07) is 3.74. The molecule has 0 amide bonds. The first kappa shape index (κ1) is 30.6. The van der Waals surface area contributed by atoms with Crippen molar-refractivity contribution in [1.29, 1.82) is 0 Å². The molecule has 1 aromatic heterocycles. The maximum absolute atomic E-state index is 12.7. The number of carbonyl (C=O) groups excluding carboxylic acids is 1. The van der Waals surface area contributed by atoms with Gasteiger partial charge in [-0.3, -0.25) is 4.99 Å². The zero-order chi connectivity index (χ0) is 30.9. The van der Waals surface area contributed by atoms with Gasteiger partial charge in [-0.1, -0.05) is 6.92 Å². The molecule has 5 fully saturated rings. The minimum Gasteiger partial charge on any atom is -0.467 e. The van der Waals surface area contributed by atoms with E-state index in [2.05, 4.69) is 6.92 Å². The van der Waals surface area contributed by atoms with Gasteiger partial charge < -0.3 is 39.1 Å². The zero-order valence-corrected chi connectivity index (χ0v) is 25.8. The summed E-state index contributed by atoms with van der Waals surface area (Å²) >= 11 is 0. The van der Waals surface area contributed by atoms with Crippen molar-refractivity contribution < 1.29 is 43.8 Å². The number of rotatable bonds is 6. The Morgan fingerprint density at radius 1 is 1.09 bits per heavy atom. The number of hydrogen-bond donors (Lipinski definition) is 4. The Hall–Kier alpha value is -2.08. The summed E-state index contributed by atoms with van der Waals surface area (Å²) in [4.78, 5) is 16.8. The van der Waals surface area contributed by atoms with Gasteiger partial charge in [0.2, 0.25) is 0 Å². The fourth-order valence-corrected chi connectivity index (χ4v) is 10.5. The lowest BCUT2D eigenvalue weighted by atomic mass is 9.41. The Morgan fingerprint density at radius 3 is 2.64 bits per heavy atom. The van der Waals surface area contributed by atoms with Crippen molar-refractivity contribution in [3.8, 4) is 0 Å². The molecule has 0 bridgehead atoms. The van der Waals surface area contributed by atoms with Crippen molar-refractivity contribution >= 4 is 12.2 Å². The number of hydrogen-bond acceptors (Lipinski definition) is 10. The second-order valence-corrected chi connectivity index (χ2v) is 14.7. The number of furan rings is 1. The monoisotopic (exact) mass is 613 g/mol. The maximum atomic E-state index is 12.7. The summed E-state index contributed by atoms with van der Waals surface area (Å²) in [5, 5.41) is 45.8. The molecule has 10 nitrogen and oxygen atoms in total. The van der Waals surface area contributed by atoms with E-state index in [4.69, 9.17) is 23.6 Å². The molecule has 0 spiro atoms. The largest absolute Gasteiger partial charge is 0.467 e. The Morgan fingerprint density at radius 2 is 1.91 bits per heavy atom. The highest BCUT2D eigenvalue weighted by molar-refractivity contribution is 5.85. The van der Waals surface area contributed by atoms with Crippen LogP contribution in [0.25, 0.3) is 0 Å². The van der Waals surface area contributed by atoms with Crippen molar-refractivity contribution in [3.63, 3.8) is 0 Å². The van der Waals surface area contributed by atoms with Crippen LogP contribution in [0, 0.1) is 28.6 Å². The van der Waals surface area contributed by atoms with Crippen LogP contribution in [0.3, 0.4) is 0 Å². The van der Waals surface area contributed by atoms with Crippen LogP contribution in [0.15, 0.2) is 39.5 Å².